The van der Waals surface area contributed by atoms with Crippen LogP contribution in [0, 0.1) is 6.92 Å². The summed E-state index contributed by atoms with van der Waals surface area (Å²) < 4.78 is 4.92. The number of carbonyl (C=O) groups is 1. The molecule has 1 fully saturated rings. The summed E-state index contributed by atoms with van der Waals surface area (Å²) >= 11 is 0. The van der Waals surface area contributed by atoms with E-state index in [1.54, 1.807) is 0 Å². The Hall–Kier alpha value is -1.35. The highest BCUT2D eigenvalue weighted by Crippen LogP contribution is 2.32. The molecule has 86 valence electrons. The molecule has 1 aromatic rings. The molecule has 2 rings (SSSR count). The van der Waals surface area contributed by atoms with Crippen molar-refractivity contribution in [2.45, 2.75) is 25.3 Å². The van der Waals surface area contributed by atoms with Crippen molar-refractivity contribution >= 4 is 5.97 Å². The first-order chi connectivity index (χ1) is 7.69. The van der Waals surface area contributed by atoms with Crippen LogP contribution in [0.25, 0.3) is 0 Å². The lowest BCUT2D eigenvalue weighted by Gasteiger charge is -2.27. The molecule has 1 aliphatic rings. The molecule has 1 atom stereocenters. The zero-order valence-electron chi connectivity index (χ0n) is 9.75. The molecule has 0 radical (unpaired) electrons. The van der Waals surface area contributed by atoms with Gasteiger partial charge in [-0.1, -0.05) is 29.8 Å². The fourth-order valence-corrected chi connectivity index (χ4v) is 2.29. The van der Waals surface area contributed by atoms with Crippen molar-refractivity contribution in [3.8, 4) is 0 Å². The molecule has 1 aromatic carbocycles. The average Bonchev–Trinajstić information content (AvgIpc) is 2.79. The maximum absolute atomic E-state index is 11.9. The second-order valence-electron chi connectivity index (χ2n) is 4.29. The van der Waals surface area contributed by atoms with Crippen molar-refractivity contribution < 1.29 is 9.53 Å². The first-order valence-corrected chi connectivity index (χ1v) is 5.59. The van der Waals surface area contributed by atoms with Crippen LogP contribution in [0.1, 0.15) is 24.0 Å². The van der Waals surface area contributed by atoms with E-state index in [1.165, 1.54) is 12.7 Å². The molecule has 0 amide bonds. The maximum Gasteiger partial charge on any atom is 0.330 e. The van der Waals surface area contributed by atoms with E-state index in [2.05, 4.69) is 5.32 Å². The maximum atomic E-state index is 11.9. The smallest absolute Gasteiger partial charge is 0.330 e. The molecular weight excluding hydrogens is 202 g/mol. The van der Waals surface area contributed by atoms with Gasteiger partial charge in [-0.05, 0) is 31.9 Å². The minimum atomic E-state index is -0.623. The van der Waals surface area contributed by atoms with Crippen LogP contribution >= 0.6 is 0 Å². The SMILES string of the molecule is COC(=O)C1(c2ccc(C)cc2)CCCN1. The quantitative estimate of drug-likeness (QED) is 0.770. The largest absolute Gasteiger partial charge is 0.467 e. The fourth-order valence-electron chi connectivity index (χ4n) is 2.29. The second kappa shape index (κ2) is 4.26. The lowest BCUT2D eigenvalue weighted by Crippen LogP contribution is -2.45. The van der Waals surface area contributed by atoms with Gasteiger partial charge in [-0.3, -0.25) is 5.32 Å². The number of aryl methyl sites for hydroxylation is 1. The van der Waals surface area contributed by atoms with Gasteiger partial charge in [-0.25, -0.2) is 4.79 Å². The highest BCUT2D eigenvalue weighted by molar-refractivity contribution is 5.83. The predicted molar refractivity (Wildman–Crippen MR) is 62.1 cm³/mol. The molecular formula is C13H17NO2. The van der Waals surface area contributed by atoms with Crippen molar-refractivity contribution in [3.63, 3.8) is 0 Å². The number of carbonyl (C=O) groups excluding carboxylic acids is 1. The number of rotatable bonds is 2. The van der Waals surface area contributed by atoms with E-state index in [4.69, 9.17) is 4.74 Å². The molecule has 1 N–H and O–H groups in total. The summed E-state index contributed by atoms with van der Waals surface area (Å²) in [7, 11) is 1.44. The van der Waals surface area contributed by atoms with E-state index in [9.17, 15) is 4.79 Å². The van der Waals surface area contributed by atoms with Crippen LogP contribution in [0.2, 0.25) is 0 Å². The number of hydrogen-bond donors (Lipinski definition) is 1. The molecule has 0 saturated carbocycles. The van der Waals surface area contributed by atoms with E-state index < -0.39 is 5.54 Å². The van der Waals surface area contributed by atoms with Crippen molar-refractivity contribution in [3.05, 3.63) is 35.4 Å². The van der Waals surface area contributed by atoms with Crippen LogP contribution in [0.3, 0.4) is 0 Å². The van der Waals surface area contributed by atoms with Gasteiger partial charge in [0, 0.05) is 0 Å². The summed E-state index contributed by atoms with van der Waals surface area (Å²) in [5, 5.41) is 3.28. The van der Waals surface area contributed by atoms with Crippen molar-refractivity contribution in [2.24, 2.45) is 0 Å². The molecule has 3 nitrogen and oxygen atoms in total. The summed E-state index contributed by atoms with van der Waals surface area (Å²) in [6.07, 6.45) is 1.81. The normalized spacial score (nSPS) is 24.4. The number of methoxy groups -OCH3 is 1. The second-order valence-corrected chi connectivity index (χ2v) is 4.29. The van der Waals surface area contributed by atoms with Gasteiger partial charge < -0.3 is 4.74 Å². The van der Waals surface area contributed by atoms with Crippen LogP contribution in [-0.2, 0) is 15.1 Å². The Morgan fingerprint density at radius 1 is 1.38 bits per heavy atom. The number of esters is 1. The third kappa shape index (κ3) is 1.71. The minimum Gasteiger partial charge on any atom is -0.467 e. The van der Waals surface area contributed by atoms with Gasteiger partial charge in [0.05, 0.1) is 7.11 Å². The monoisotopic (exact) mass is 219 g/mol. The third-order valence-corrected chi connectivity index (χ3v) is 3.23. The molecule has 1 unspecified atom stereocenters. The highest BCUT2D eigenvalue weighted by atomic mass is 16.5. The highest BCUT2D eigenvalue weighted by Gasteiger charge is 2.43. The standard InChI is InChI=1S/C13H17NO2/c1-10-4-6-11(7-5-10)13(12(15)16-2)8-3-9-14-13/h4-7,14H,3,8-9H2,1-2H3. The molecule has 0 bridgehead atoms. The molecule has 0 spiro atoms. The Balaban J connectivity index is 2.39. The van der Waals surface area contributed by atoms with E-state index in [-0.39, 0.29) is 5.97 Å². The topological polar surface area (TPSA) is 38.3 Å². The Labute approximate surface area is 95.8 Å². The molecule has 1 saturated heterocycles. The Kier molecular flexibility index (Phi) is 2.97. The van der Waals surface area contributed by atoms with E-state index in [0.717, 1.165) is 24.9 Å². The van der Waals surface area contributed by atoms with Crippen LogP contribution in [-0.4, -0.2) is 19.6 Å². The van der Waals surface area contributed by atoms with Crippen LogP contribution in [0.4, 0.5) is 0 Å². The van der Waals surface area contributed by atoms with E-state index in [0.29, 0.717) is 0 Å². The minimum absolute atomic E-state index is 0.186. The van der Waals surface area contributed by atoms with Gasteiger partial charge in [0.2, 0.25) is 0 Å². The first kappa shape index (κ1) is 11.1. The van der Waals surface area contributed by atoms with Gasteiger partial charge in [0.1, 0.15) is 5.54 Å². The first-order valence-electron chi connectivity index (χ1n) is 5.59. The molecule has 3 heteroatoms. The predicted octanol–water partition coefficient (Wildman–Crippen LogP) is 1.75. The Bertz CT molecular complexity index is 377. The molecule has 1 aliphatic heterocycles. The zero-order valence-corrected chi connectivity index (χ0v) is 9.75. The lowest BCUT2D eigenvalue weighted by molar-refractivity contribution is -0.148. The number of hydrogen-bond acceptors (Lipinski definition) is 3. The number of ether oxygens (including phenoxy) is 1. The molecule has 1 heterocycles. The molecule has 16 heavy (non-hydrogen) atoms. The van der Waals surface area contributed by atoms with Crippen LogP contribution in [0.15, 0.2) is 24.3 Å². The molecule has 0 aliphatic carbocycles. The Morgan fingerprint density at radius 2 is 2.06 bits per heavy atom. The fraction of sp³-hybridized carbons (Fsp3) is 0.462. The van der Waals surface area contributed by atoms with Crippen molar-refractivity contribution in [2.75, 3.05) is 13.7 Å². The van der Waals surface area contributed by atoms with E-state index >= 15 is 0 Å². The van der Waals surface area contributed by atoms with Crippen LogP contribution < -0.4 is 5.32 Å². The number of nitrogens with one attached hydrogen (secondary N) is 1. The lowest BCUT2D eigenvalue weighted by atomic mass is 9.88. The van der Waals surface area contributed by atoms with Gasteiger partial charge in [0.15, 0.2) is 0 Å². The summed E-state index contributed by atoms with van der Waals surface area (Å²) in [4.78, 5) is 11.9. The summed E-state index contributed by atoms with van der Waals surface area (Å²) in [5.41, 5.74) is 1.58. The summed E-state index contributed by atoms with van der Waals surface area (Å²) in [6.45, 7) is 2.90. The van der Waals surface area contributed by atoms with Gasteiger partial charge >= 0.3 is 5.97 Å². The van der Waals surface area contributed by atoms with Gasteiger partial charge in [0.25, 0.3) is 0 Å². The molecule has 0 aromatic heterocycles. The zero-order chi connectivity index (χ0) is 11.6. The third-order valence-electron chi connectivity index (χ3n) is 3.23. The average molecular weight is 219 g/mol. The Morgan fingerprint density at radius 3 is 2.56 bits per heavy atom. The van der Waals surface area contributed by atoms with Crippen LogP contribution in [0.5, 0.6) is 0 Å². The van der Waals surface area contributed by atoms with Crippen molar-refractivity contribution in [1.82, 2.24) is 5.32 Å². The van der Waals surface area contributed by atoms with E-state index in [1.807, 2.05) is 31.2 Å². The summed E-state index contributed by atoms with van der Waals surface area (Å²) in [6, 6.07) is 8.06. The summed E-state index contributed by atoms with van der Waals surface area (Å²) in [5.74, 6) is -0.186. The van der Waals surface area contributed by atoms with Crippen molar-refractivity contribution in [1.29, 1.82) is 0 Å². The van der Waals surface area contributed by atoms with Gasteiger partial charge in [-0.15, -0.1) is 0 Å². The number of benzene rings is 1. The van der Waals surface area contributed by atoms with Gasteiger partial charge in [-0.2, -0.15) is 0 Å².